The first-order valence-electron chi connectivity index (χ1n) is 13.2. The molecule has 208 valence electrons. The van der Waals surface area contributed by atoms with E-state index in [0.717, 1.165) is 31.4 Å². The maximum absolute atomic E-state index is 14.4. The molecule has 1 aliphatic rings. The molecule has 2 atom stereocenters. The monoisotopic (exact) mass is 547 g/mol. The Morgan fingerprint density at radius 1 is 1.24 bits per heavy atom. The standard InChI is InChI=1S/C29H39ClFN3O4/c1-20-16-21(18-23(31)17-20)27-24(9-4-10-25(27)30)29(37,12-7-14-33-28(36)38-3)22-8-6-15-34(19-22)26(35)11-5-13-32-2/h4,9-10,16-18,22,32,37H,5-8,11-15,19H2,1-3H3,(H,33,36). The highest BCUT2D eigenvalue weighted by Gasteiger charge is 2.42. The number of halogens is 2. The number of amides is 2. The van der Waals surface area contributed by atoms with Gasteiger partial charge in [-0.2, -0.15) is 0 Å². The molecule has 1 heterocycles. The van der Waals surface area contributed by atoms with Crippen LogP contribution in [0.25, 0.3) is 11.1 Å². The zero-order chi connectivity index (χ0) is 27.7. The second kappa shape index (κ2) is 13.9. The van der Waals surface area contributed by atoms with Gasteiger partial charge in [0.05, 0.1) is 12.7 Å². The average molecular weight is 548 g/mol. The van der Waals surface area contributed by atoms with Gasteiger partial charge >= 0.3 is 6.09 Å². The van der Waals surface area contributed by atoms with Crippen LogP contribution >= 0.6 is 11.6 Å². The molecular weight excluding hydrogens is 509 g/mol. The van der Waals surface area contributed by atoms with Crippen LogP contribution in [0.15, 0.2) is 36.4 Å². The normalized spacial score (nSPS) is 17.1. The van der Waals surface area contributed by atoms with Crippen LogP contribution in [0.4, 0.5) is 9.18 Å². The SMILES string of the molecule is CNCCCC(=O)N1CCCC(C(O)(CCCNC(=O)OC)c2cccc(Cl)c2-c2cc(C)cc(F)c2)C1. The van der Waals surface area contributed by atoms with E-state index >= 15 is 0 Å². The summed E-state index contributed by atoms with van der Waals surface area (Å²) >= 11 is 6.71. The van der Waals surface area contributed by atoms with Gasteiger partial charge in [0.2, 0.25) is 5.91 Å². The number of hydrogen-bond acceptors (Lipinski definition) is 5. The summed E-state index contributed by atoms with van der Waals surface area (Å²) < 4.78 is 19.1. The molecule has 0 radical (unpaired) electrons. The zero-order valence-corrected chi connectivity index (χ0v) is 23.2. The molecule has 1 fully saturated rings. The molecule has 0 aromatic heterocycles. The van der Waals surface area contributed by atoms with Crippen molar-refractivity contribution < 1.29 is 23.8 Å². The lowest BCUT2D eigenvalue weighted by Gasteiger charge is -2.44. The third kappa shape index (κ3) is 7.46. The van der Waals surface area contributed by atoms with Crippen molar-refractivity contribution in [1.29, 1.82) is 0 Å². The molecule has 1 aliphatic heterocycles. The van der Waals surface area contributed by atoms with Gasteiger partial charge in [-0.3, -0.25) is 4.79 Å². The summed E-state index contributed by atoms with van der Waals surface area (Å²) in [5, 5.41) is 18.7. The predicted molar refractivity (Wildman–Crippen MR) is 148 cm³/mol. The van der Waals surface area contributed by atoms with Crippen LogP contribution in [-0.2, 0) is 15.1 Å². The van der Waals surface area contributed by atoms with Crippen LogP contribution in [0.3, 0.4) is 0 Å². The van der Waals surface area contributed by atoms with Crippen LogP contribution in [-0.4, -0.2) is 62.3 Å². The molecule has 2 aromatic carbocycles. The molecule has 38 heavy (non-hydrogen) atoms. The van der Waals surface area contributed by atoms with Crippen molar-refractivity contribution in [3.8, 4) is 11.1 Å². The molecule has 7 nitrogen and oxygen atoms in total. The number of benzene rings is 2. The fraction of sp³-hybridized carbons (Fsp3) is 0.517. The second-order valence-electron chi connectivity index (χ2n) is 10.0. The molecule has 2 unspecified atom stereocenters. The number of likely N-dealkylation sites (tertiary alicyclic amines) is 1. The minimum Gasteiger partial charge on any atom is -0.453 e. The predicted octanol–water partition coefficient (Wildman–Crippen LogP) is 5.02. The summed E-state index contributed by atoms with van der Waals surface area (Å²) in [6.07, 6.45) is 2.91. The molecule has 2 amide bonds. The van der Waals surface area contributed by atoms with Gasteiger partial charge in [-0.05, 0) is 87.5 Å². The number of ether oxygens (including phenoxy) is 1. The minimum absolute atomic E-state index is 0.0757. The number of nitrogens with zero attached hydrogens (tertiary/aromatic N) is 1. The van der Waals surface area contributed by atoms with Crippen molar-refractivity contribution in [2.75, 3.05) is 40.3 Å². The summed E-state index contributed by atoms with van der Waals surface area (Å²) in [4.78, 5) is 26.4. The minimum atomic E-state index is -1.37. The number of carbonyl (C=O) groups excluding carboxylic acids is 2. The molecule has 3 rings (SSSR count). The molecule has 0 spiro atoms. The highest BCUT2D eigenvalue weighted by Crippen LogP contribution is 2.45. The Bertz CT molecular complexity index is 1090. The highest BCUT2D eigenvalue weighted by molar-refractivity contribution is 6.33. The number of carbonyl (C=O) groups is 2. The number of aliphatic hydroxyl groups is 1. The van der Waals surface area contributed by atoms with E-state index in [9.17, 15) is 19.1 Å². The number of hydrogen-bond donors (Lipinski definition) is 3. The van der Waals surface area contributed by atoms with E-state index in [1.165, 1.54) is 19.2 Å². The van der Waals surface area contributed by atoms with Crippen molar-refractivity contribution in [3.05, 3.63) is 58.4 Å². The quantitative estimate of drug-likeness (QED) is 0.344. The van der Waals surface area contributed by atoms with Crippen LogP contribution in [0.1, 0.15) is 49.7 Å². The lowest BCUT2D eigenvalue weighted by atomic mass is 9.72. The Morgan fingerprint density at radius 3 is 2.74 bits per heavy atom. The largest absolute Gasteiger partial charge is 0.453 e. The van der Waals surface area contributed by atoms with E-state index in [1.54, 1.807) is 12.1 Å². The van der Waals surface area contributed by atoms with E-state index in [4.69, 9.17) is 11.6 Å². The molecule has 3 N–H and O–H groups in total. The number of rotatable bonds is 11. The van der Waals surface area contributed by atoms with Crippen LogP contribution in [0.2, 0.25) is 5.02 Å². The Kier molecular flexibility index (Phi) is 10.9. The van der Waals surface area contributed by atoms with Crippen molar-refractivity contribution in [2.45, 2.75) is 51.0 Å². The fourth-order valence-corrected chi connectivity index (χ4v) is 5.69. The van der Waals surface area contributed by atoms with E-state index < -0.39 is 11.7 Å². The summed E-state index contributed by atoms with van der Waals surface area (Å²) in [5.41, 5.74) is 1.14. The smallest absolute Gasteiger partial charge is 0.406 e. The van der Waals surface area contributed by atoms with Gasteiger partial charge in [0.15, 0.2) is 0 Å². The Morgan fingerprint density at radius 2 is 2.03 bits per heavy atom. The number of nitrogens with one attached hydrogen (secondary N) is 2. The third-order valence-corrected chi connectivity index (χ3v) is 7.58. The topological polar surface area (TPSA) is 90.9 Å². The van der Waals surface area contributed by atoms with Gasteiger partial charge in [0.1, 0.15) is 5.82 Å². The van der Waals surface area contributed by atoms with Crippen LogP contribution in [0, 0.1) is 18.7 Å². The second-order valence-corrected chi connectivity index (χ2v) is 10.4. The molecular formula is C29H39ClFN3O4. The first-order valence-corrected chi connectivity index (χ1v) is 13.6. The van der Waals surface area contributed by atoms with Gasteiger partial charge in [-0.25, -0.2) is 9.18 Å². The number of piperidine rings is 1. The maximum atomic E-state index is 14.4. The third-order valence-electron chi connectivity index (χ3n) is 7.27. The first kappa shape index (κ1) is 29.9. The molecule has 0 aliphatic carbocycles. The molecule has 0 bridgehead atoms. The van der Waals surface area contributed by atoms with Gasteiger partial charge in [-0.1, -0.05) is 29.8 Å². The van der Waals surface area contributed by atoms with Gasteiger partial charge in [0.25, 0.3) is 0 Å². The summed E-state index contributed by atoms with van der Waals surface area (Å²) in [6.45, 7) is 3.95. The van der Waals surface area contributed by atoms with E-state index in [1.807, 2.05) is 31.0 Å². The number of methoxy groups -OCH3 is 1. The van der Waals surface area contributed by atoms with Gasteiger partial charge < -0.3 is 25.4 Å². The first-order chi connectivity index (χ1) is 18.2. The average Bonchev–Trinajstić information content (AvgIpc) is 2.90. The Hall–Kier alpha value is -2.68. The van der Waals surface area contributed by atoms with E-state index in [0.29, 0.717) is 60.6 Å². The van der Waals surface area contributed by atoms with Crippen molar-refractivity contribution in [2.24, 2.45) is 5.92 Å². The van der Waals surface area contributed by atoms with Crippen LogP contribution < -0.4 is 10.6 Å². The zero-order valence-electron chi connectivity index (χ0n) is 22.5. The van der Waals surface area contributed by atoms with Gasteiger partial charge in [0, 0.05) is 42.6 Å². The summed E-state index contributed by atoms with van der Waals surface area (Å²) in [5.74, 6) is -0.575. The van der Waals surface area contributed by atoms with E-state index in [2.05, 4.69) is 15.4 Å². The molecule has 0 saturated carbocycles. The maximum Gasteiger partial charge on any atom is 0.406 e. The molecule has 9 heteroatoms. The van der Waals surface area contributed by atoms with Crippen molar-refractivity contribution in [3.63, 3.8) is 0 Å². The van der Waals surface area contributed by atoms with E-state index in [-0.39, 0.29) is 17.6 Å². The fourth-order valence-electron chi connectivity index (χ4n) is 5.41. The lowest BCUT2D eigenvalue weighted by Crippen LogP contribution is -2.48. The summed E-state index contributed by atoms with van der Waals surface area (Å²) in [7, 11) is 3.16. The number of alkyl carbamates (subject to hydrolysis) is 1. The van der Waals surface area contributed by atoms with Crippen molar-refractivity contribution in [1.82, 2.24) is 15.5 Å². The molecule has 2 aromatic rings. The van der Waals surface area contributed by atoms with Crippen molar-refractivity contribution >= 4 is 23.6 Å². The molecule has 1 saturated heterocycles. The number of aryl methyl sites for hydroxylation is 1. The Balaban J connectivity index is 1.99. The Labute approximate surface area is 229 Å². The lowest BCUT2D eigenvalue weighted by molar-refractivity contribution is -0.136. The highest BCUT2D eigenvalue weighted by atomic mass is 35.5. The summed E-state index contributed by atoms with van der Waals surface area (Å²) in [6, 6.07) is 10.1. The van der Waals surface area contributed by atoms with Crippen LogP contribution in [0.5, 0.6) is 0 Å². The van der Waals surface area contributed by atoms with Gasteiger partial charge in [-0.15, -0.1) is 0 Å².